The number of hydrogen-bond acceptors (Lipinski definition) is 7. The van der Waals surface area contributed by atoms with E-state index in [1.54, 1.807) is 32.9 Å². The molecule has 0 aromatic heterocycles. The third kappa shape index (κ3) is 3.92. The van der Waals surface area contributed by atoms with Gasteiger partial charge in [-0.3, -0.25) is 9.32 Å². The molecule has 30 heavy (non-hydrogen) atoms. The van der Waals surface area contributed by atoms with Crippen LogP contribution >= 0.6 is 7.75 Å². The lowest BCUT2D eigenvalue weighted by molar-refractivity contribution is -0.152. The first-order valence-electron chi connectivity index (χ1n) is 10.5. The highest BCUT2D eigenvalue weighted by molar-refractivity contribution is 7.51. The summed E-state index contributed by atoms with van der Waals surface area (Å²) < 4.78 is 38.2. The third-order valence-electron chi connectivity index (χ3n) is 6.23. The van der Waals surface area contributed by atoms with Gasteiger partial charge in [0.05, 0.1) is 24.4 Å². The molecule has 166 valence electrons. The van der Waals surface area contributed by atoms with E-state index in [1.807, 2.05) is 19.1 Å². The maximum atomic E-state index is 13.8. The van der Waals surface area contributed by atoms with E-state index in [4.69, 9.17) is 18.5 Å². The zero-order valence-electron chi connectivity index (χ0n) is 17.8. The fourth-order valence-electron chi connectivity index (χ4n) is 4.17. The summed E-state index contributed by atoms with van der Waals surface area (Å²) in [6.45, 7) is 7.24. The van der Waals surface area contributed by atoms with Crippen LogP contribution in [-0.2, 0) is 29.9 Å². The SMILES string of the molecule is CC(C)OC(=O)[C@H](C)N1Cc2ccccc2OP1(=O)OC[C@H]1OC2(CC2)[C@@H](C)[C@@H]1O. The fourth-order valence-corrected chi connectivity index (χ4v) is 6.08. The molecule has 2 fully saturated rings. The Balaban J connectivity index is 1.54. The second kappa shape index (κ2) is 7.92. The molecule has 0 amide bonds. The van der Waals surface area contributed by atoms with Crippen molar-refractivity contribution in [1.82, 2.24) is 4.67 Å². The van der Waals surface area contributed by atoms with Crippen LogP contribution in [0.25, 0.3) is 0 Å². The molecule has 0 radical (unpaired) electrons. The quantitative estimate of drug-likeness (QED) is 0.533. The Labute approximate surface area is 177 Å². The van der Waals surface area contributed by atoms with Crippen LogP contribution in [0.2, 0.25) is 0 Å². The minimum Gasteiger partial charge on any atom is -0.462 e. The molecule has 1 aliphatic carbocycles. The Hall–Kier alpha value is -1.44. The number of ether oxygens (including phenoxy) is 2. The minimum absolute atomic E-state index is 0.00363. The molecule has 2 heterocycles. The van der Waals surface area contributed by atoms with Crippen LogP contribution in [-0.4, -0.2) is 52.3 Å². The normalized spacial score (nSPS) is 33.2. The predicted octanol–water partition coefficient (Wildman–Crippen LogP) is 3.27. The van der Waals surface area contributed by atoms with Gasteiger partial charge < -0.3 is 19.1 Å². The van der Waals surface area contributed by atoms with Gasteiger partial charge in [-0.05, 0) is 39.7 Å². The zero-order chi connectivity index (χ0) is 21.7. The number of carbonyl (C=O) groups is 1. The average Bonchev–Trinajstić information content (AvgIpc) is 3.44. The van der Waals surface area contributed by atoms with Gasteiger partial charge in [0.15, 0.2) is 0 Å². The maximum absolute atomic E-state index is 13.8. The van der Waals surface area contributed by atoms with Gasteiger partial charge in [0.1, 0.15) is 17.9 Å². The molecule has 1 aromatic carbocycles. The summed E-state index contributed by atoms with van der Waals surface area (Å²) in [6, 6.07) is 6.39. The van der Waals surface area contributed by atoms with E-state index < -0.39 is 32.0 Å². The molecule has 1 spiro atoms. The first-order valence-corrected chi connectivity index (χ1v) is 12.0. The van der Waals surface area contributed by atoms with Gasteiger partial charge in [0, 0.05) is 18.0 Å². The van der Waals surface area contributed by atoms with Crippen molar-refractivity contribution in [2.24, 2.45) is 5.92 Å². The number of rotatable bonds is 6. The number of carbonyl (C=O) groups excluding carboxylic acids is 1. The van der Waals surface area contributed by atoms with Crippen molar-refractivity contribution in [2.75, 3.05) is 6.61 Å². The van der Waals surface area contributed by atoms with Crippen LogP contribution in [0.4, 0.5) is 0 Å². The Morgan fingerprint density at radius 1 is 1.33 bits per heavy atom. The van der Waals surface area contributed by atoms with Crippen molar-refractivity contribution in [3.63, 3.8) is 0 Å². The Morgan fingerprint density at radius 3 is 2.67 bits per heavy atom. The van der Waals surface area contributed by atoms with Crippen LogP contribution in [0.15, 0.2) is 24.3 Å². The molecule has 1 saturated carbocycles. The Kier molecular flexibility index (Phi) is 5.75. The maximum Gasteiger partial charge on any atom is 0.462 e. The van der Waals surface area contributed by atoms with Gasteiger partial charge in [-0.2, -0.15) is 4.67 Å². The Morgan fingerprint density at radius 2 is 2.03 bits per heavy atom. The van der Waals surface area contributed by atoms with E-state index in [-0.39, 0.29) is 30.8 Å². The van der Waals surface area contributed by atoms with Crippen molar-refractivity contribution in [3.05, 3.63) is 29.8 Å². The largest absolute Gasteiger partial charge is 0.462 e. The molecule has 8 nitrogen and oxygen atoms in total. The first kappa shape index (κ1) is 21.8. The molecule has 9 heteroatoms. The number of hydrogen-bond donors (Lipinski definition) is 1. The highest BCUT2D eigenvalue weighted by Crippen LogP contribution is 2.59. The van der Waals surface area contributed by atoms with Crippen molar-refractivity contribution in [2.45, 2.75) is 77.0 Å². The predicted molar refractivity (Wildman–Crippen MR) is 109 cm³/mol. The van der Waals surface area contributed by atoms with Crippen LogP contribution in [0.1, 0.15) is 46.1 Å². The lowest BCUT2D eigenvalue weighted by Gasteiger charge is -2.38. The molecule has 5 atom stereocenters. The molecule has 1 aromatic rings. The number of esters is 1. The van der Waals surface area contributed by atoms with E-state index in [1.165, 1.54) is 4.67 Å². The molecular weight excluding hydrogens is 409 g/mol. The molecule has 3 aliphatic rings. The molecule has 2 aliphatic heterocycles. The summed E-state index contributed by atoms with van der Waals surface area (Å²) >= 11 is 0. The van der Waals surface area contributed by atoms with E-state index >= 15 is 0 Å². The highest BCUT2D eigenvalue weighted by Gasteiger charge is 2.60. The van der Waals surface area contributed by atoms with Crippen LogP contribution in [0.3, 0.4) is 0 Å². The molecule has 4 rings (SSSR count). The standard InChI is InChI=1S/C21H30NO7P/c1-13(2)27-20(24)15(4)22-11-16-7-5-6-8-17(16)29-30(22,25)26-12-18-19(23)14(3)21(28-18)9-10-21/h5-8,13-15,18-19,23H,9-12H2,1-4H3/t14-,15-,18+,19-,30?/m0/s1. The van der Waals surface area contributed by atoms with Crippen molar-refractivity contribution < 1.29 is 33.0 Å². The summed E-state index contributed by atoms with van der Waals surface area (Å²) in [7, 11) is -3.89. The van der Waals surface area contributed by atoms with Crippen LogP contribution < -0.4 is 4.52 Å². The third-order valence-corrected chi connectivity index (χ3v) is 8.25. The molecule has 0 bridgehead atoms. The number of nitrogens with zero attached hydrogens (tertiary/aromatic N) is 1. The van der Waals surface area contributed by atoms with E-state index in [9.17, 15) is 14.5 Å². The van der Waals surface area contributed by atoms with E-state index in [2.05, 4.69) is 0 Å². The number of aliphatic hydroxyl groups is 1. The van der Waals surface area contributed by atoms with Gasteiger partial charge >= 0.3 is 13.7 Å². The highest BCUT2D eigenvalue weighted by atomic mass is 31.2. The van der Waals surface area contributed by atoms with Gasteiger partial charge in [-0.1, -0.05) is 25.1 Å². The number of benzene rings is 1. The van der Waals surface area contributed by atoms with Crippen molar-refractivity contribution in [3.8, 4) is 5.75 Å². The summed E-state index contributed by atoms with van der Waals surface area (Å²) in [5.41, 5.74) is 0.523. The Bertz CT molecular complexity index is 856. The monoisotopic (exact) mass is 439 g/mol. The number of para-hydroxylation sites is 1. The van der Waals surface area contributed by atoms with Crippen LogP contribution in [0.5, 0.6) is 5.75 Å². The van der Waals surface area contributed by atoms with E-state index in [0.29, 0.717) is 5.75 Å². The number of fused-ring (bicyclic) bond motifs is 1. The van der Waals surface area contributed by atoms with Gasteiger partial charge in [-0.25, -0.2) is 4.57 Å². The summed E-state index contributed by atoms with van der Waals surface area (Å²) in [4.78, 5) is 12.5. The van der Waals surface area contributed by atoms with Gasteiger partial charge in [0.2, 0.25) is 0 Å². The van der Waals surface area contributed by atoms with Crippen LogP contribution in [0, 0.1) is 5.92 Å². The van der Waals surface area contributed by atoms with Gasteiger partial charge in [-0.15, -0.1) is 0 Å². The summed E-state index contributed by atoms with van der Waals surface area (Å²) in [6.07, 6.45) is 0.235. The van der Waals surface area contributed by atoms with Crippen molar-refractivity contribution >= 4 is 13.7 Å². The molecule has 1 unspecified atom stereocenters. The minimum atomic E-state index is -3.89. The van der Waals surface area contributed by atoms with Crippen molar-refractivity contribution in [1.29, 1.82) is 0 Å². The molecule has 1 N–H and O–H groups in total. The second-order valence-electron chi connectivity index (χ2n) is 8.72. The lowest BCUT2D eigenvalue weighted by Crippen LogP contribution is -2.42. The lowest BCUT2D eigenvalue weighted by atomic mass is 9.97. The smallest absolute Gasteiger partial charge is 0.462 e. The molecule has 1 saturated heterocycles. The molecular formula is C21H30NO7P. The zero-order valence-corrected chi connectivity index (χ0v) is 18.7. The van der Waals surface area contributed by atoms with Gasteiger partial charge in [0.25, 0.3) is 0 Å². The van der Waals surface area contributed by atoms with E-state index in [0.717, 1.165) is 18.4 Å². The number of aliphatic hydroxyl groups excluding tert-OH is 1. The first-order chi connectivity index (χ1) is 14.2. The second-order valence-corrected chi connectivity index (χ2v) is 10.6. The summed E-state index contributed by atoms with van der Waals surface area (Å²) in [5, 5.41) is 10.5. The topological polar surface area (TPSA) is 94.5 Å². The summed E-state index contributed by atoms with van der Waals surface area (Å²) in [5.74, 6) is -0.0444. The fraction of sp³-hybridized carbons (Fsp3) is 0.667. The average molecular weight is 439 g/mol.